The van der Waals surface area contributed by atoms with Gasteiger partial charge in [0, 0.05) is 18.6 Å². The van der Waals surface area contributed by atoms with Gasteiger partial charge in [0.25, 0.3) is 0 Å². The zero-order valence-electron chi connectivity index (χ0n) is 8.00. The fourth-order valence-corrected chi connectivity index (χ4v) is 1.34. The Morgan fingerprint density at radius 2 is 2.17 bits per heavy atom. The Balaban J connectivity index is 2.53. The summed E-state index contributed by atoms with van der Waals surface area (Å²) in [4.78, 5) is 2.28. The van der Waals surface area contributed by atoms with Gasteiger partial charge in [-0.2, -0.15) is 5.26 Å². The maximum absolute atomic E-state index is 8.67. The fourth-order valence-electron chi connectivity index (χ4n) is 1.34. The molecule has 1 saturated heterocycles. The normalized spacial score (nSPS) is 26.7. The Morgan fingerprint density at radius 3 is 2.67 bits per heavy atom. The van der Waals surface area contributed by atoms with Crippen LogP contribution in [-0.2, 0) is 4.74 Å². The highest BCUT2D eigenvalue weighted by atomic mass is 16.5. The summed E-state index contributed by atoms with van der Waals surface area (Å²) in [7, 11) is 0. The summed E-state index contributed by atoms with van der Waals surface area (Å²) in [6, 6.07) is 2.14. The molecule has 0 radical (unpaired) electrons. The number of rotatable bonds is 0. The van der Waals surface area contributed by atoms with Crippen LogP contribution in [0.25, 0.3) is 0 Å². The molecule has 1 atom stereocenters. The summed E-state index contributed by atoms with van der Waals surface area (Å²) in [5, 5.41) is 8.67. The first-order valence-electron chi connectivity index (χ1n) is 4.30. The van der Waals surface area contributed by atoms with Crippen molar-refractivity contribution in [2.75, 3.05) is 19.7 Å². The summed E-state index contributed by atoms with van der Waals surface area (Å²) in [5.74, 6) is 0. The lowest BCUT2D eigenvalue weighted by Crippen LogP contribution is -2.51. The number of nitrogens with zero attached hydrogens (tertiary/aromatic N) is 2. The Hall–Kier alpha value is -0.590. The van der Waals surface area contributed by atoms with Gasteiger partial charge in [0.05, 0.1) is 12.7 Å². The first-order chi connectivity index (χ1) is 5.54. The summed E-state index contributed by atoms with van der Waals surface area (Å²) in [5.41, 5.74) is 0.152. The van der Waals surface area contributed by atoms with Crippen LogP contribution in [0.3, 0.4) is 0 Å². The van der Waals surface area contributed by atoms with Crippen LogP contribution >= 0.6 is 0 Å². The molecular formula is C9H16N2O. The van der Waals surface area contributed by atoms with Crippen molar-refractivity contribution in [2.24, 2.45) is 0 Å². The molecule has 0 aromatic carbocycles. The third-order valence-corrected chi connectivity index (χ3v) is 2.16. The molecule has 1 unspecified atom stereocenters. The zero-order valence-corrected chi connectivity index (χ0v) is 8.00. The van der Waals surface area contributed by atoms with Crippen LogP contribution in [0, 0.1) is 11.3 Å². The molecule has 0 amide bonds. The molecule has 1 aliphatic heterocycles. The minimum atomic E-state index is -0.238. The van der Waals surface area contributed by atoms with Crippen molar-refractivity contribution < 1.29 is 4.74 Å². The largest absolute Gasteiger partial charge is 0.361 e. The molecule has 0 N–H and O–H groups in total. The monoisotopic (exact) mass is 168 g/mol. The standard InChI is InChI=1S/C9H16N2O/c1-9(2,3)11-4-5-12-8(6-10)7-11/h8H,4-5,7H2,1-3H3. The Labute approximate surface area is 73.9 Å². The molecule has 0 aliphatic carbocycles. The lowest BCUT2D eigenvalue weighted by Gasteiger charge is -2.39. The highest BCUT2D eigenvalue weighted by molar-refractivity contribution is 4.92. The van der Waals surface area contributed by atoms with Gasteiger partial charge in [-0.05, 0) is 20.8 Å². The number of morpholine rings is 1. The van der Waals surface area contributed by atoms with E-state index in [-0.39, 0.29) is 11.6 Å². The van der Waals surface area contributed by atoms with E-state index in [4.69, 9.17) is 10.00 Å². The lowest BCUT2D eigenvalue weighted by atomic mass is 10.0. The van der Waals surface area contributed by atoms with E-state index in [2.05, 4.69) is 31.7 Å². The van der Waals surface area contributed by atoms with E-state index < -0.39 is 0 Å². The third-order valence-electron chi connectivity index (χ3n) is 2.16. The van der Waals surface area contributed by atoms with Crippen molar-refractivity contribution in [3.63, 3.8) is 0 Å². The second-order valence-corrected chi connectivity index (χ2v) is 4.11. The molecule has 0 bridgehead atoms. The summed E-state index contributed by atoms with van der Waals surface area (Å²) in [6.07, 6.45) is -0.238. The molecule has 68 valence electrons. The van der Waals surface area contributed by atoms with Crippen molar-refractivity contribution >= 4 is 0 Å². The molecule has 0 aromatic rings. The molecule has 1 heterocycles. The summed E-state index contributed by atoms with van der Waals surface area (Å²) in [6.45, 7) is 8.82. The highest BCUT2D eigenvalue weighted by Gasteiger charge is 2.27. The molecule has 3 heteroatoms. The van der Waals surface area contributed by atoms with Crippen molar-refractivity contribution in [1.82, 2.24) is 4.90 Å². The molecule has 0 aromatic heterocycles. The van der Waals surface area contributed by atoms with Crippen molar-refractivity contribution in [3.8, 4) is 6.07 Å². The Morgan fingerprint density at radius 1 is 1.50 bits per heavy atom. The van der Waals surface area contributed by atoms with Crippen LogP contribution in [0.2, 0.25) is 0 Å². The maximum atomic E-state index is 8.67. The molecular weight excluding hydrogens is 152 g/mol. The van der Waals surface area contributed by atoms with Gasteiger partial charge in [0.1, 0.15) is 0 Å². The van der Waals surface area contributed by atoms with Crippen molar-refractivity contribution in [2.45, 2.75) is 32.4 Å². The highest BCUT2D eigenvalue weighted by Crippen LogP contribution is 2.16. The van der Waals surface area contributed by atoms with Gasteiger partial charge < -0.3 is 4.74 Å². The fraction of sp³-hybridized carbons (Fsp3) is 0.889. The van der Waals surface area contributed by atoms with Crippen LogP contribution in [-0.4, -0.2) is 36.2 Å². The van der Waals surface area contributed by atoms with Gasteiger partial charge in [0.15, 0.2) is 6.10 Å². The third kappa shape index (κ3) is 2.20. The number of hydrogen-bond acceptors (Lipinski definition) is 3. The average Bonchev–Trinajstić information content (AvgIpc) is 2.03. The first-order valence-corrected chi connectivity index (χ1v) is 4.30. The summed E-state index contributed by atoms with van der Waals surface area (Å²) >= 11 is 0. The second-order valence-electron chi connectivity index (χ2n) is 4.11. The van der Waals surface area contributed by atoms with Gasteiger partial charge in [0.2, 0.25) is 0 Å². The average molecular weight is 168 g/mol. The molecule has 1 fully saturated rings. The van der Waals surface area contributed by atoms with Crippen LogP contribution in [0.4, 0.5) is 0 Å². The quantitative estimate of drug-likeness (QED) is 0.541. The van der Waals surface area contributed by atoms with Crippen LogP contribution in [0.15, 0.2) is 0 Å². The zero-order chi connectivity index (χ0) is 9.19. The van der Waals surface area contributed by atoms with Crippen LogP contribution in [0.1, 0.15) is 20.8 Å². The minimum Gasteiger partial charge on any atom is -0.361 e. The van der Waals surface area contributed by atoms with Gasteiger partial charge in [-0.15, -0.1) is 0 Å². The molecule has 1 rings (SSSR count). The molecule has 1 aliphatic rings. The SMILES string of the molecule is CC(C)(C)N1CCOC(C#N)C1. The Kier molecular flexibility index (Phi) is 2.71. The van der Waals surface area contributed by atoms with Gasteiger partial charge >= 0.3 is 0 Å². The van der Waals surface area contributed by atoms with E-state index in [1.165, 1.54) is 0 Å². The topological polar surface area (TPSA) is 36.3 Å². The molecule has 12 heavy (non-hydrogen) atoms. The Bertz CT molecular complexity index is 190. The molecule has 3 nitrogen and oxygen atoms in total. The number of hydrogen-bond donors (Lipinski definition) is 0. The first kappa shape index (κ1) is 9.50. The van der Waals surface area contributed by atoms with E-state index in [1.54, 1.807) is 0 Å². The maximum Gasteiger partial charge on any atom is 0.156 e. The van der Waals surface area contributed by atoms with E-state index >= 15 is 0 Å². The van der Waals surface area contributed by atoms with Gasteiger partial charge in [-0.3, -0.25) is 4.90 Å². The predicted octanol–water partition coefficient (Wildman–Crippen LogP) is 1.01. The number of nitriles is 1. The van der Waals surface area contributed by atoms with E-state index in [0.717, 1.165) is 13.1 Å². The minimum absolute atomic E-state index is 0.152. The second kappa shape index (κ2) is 3.42. The van der Waals surface area contributed by atoms with E-state index in [1.807, 2.05) is 0 Å². The van der Waals surface area contributed by atoms with Crippen molar-refractivity contribution in [3.05, 3.63) is 0 Å². The van der Waals surface area contributed by atoms with Crippen LogP contribution in [0.5, 0.6) is 0 Å². The van der Waals surface area contributed by atoms with E-state index in [9.17, 15) is 0 Å². The smallest absolute Gasteiger partial charge is 0.156 e. The van der Waals surface area contributed by atoms with Crippen LogP contribution < -0.4 is 0 Å². The predicted molar refractivity (Wildman–Crippen MR) is 46.7 cm³/mol. The summed E-state index contributed by atoms with van der Waals surface area (Å²) < 4.78 is 5.25. The molecule has 0 spiro atoms. The molecule has 0 saturated carbocycles. The van der Waals surface area contributed by atoms with E-state index in [0.29, 0.717) is 6.61 Å². The van der Waals surface area contributed by atoms with Crippen molar-refractivity contribution in [1.29, 1.82) is 5.26 Å². The number of ether oxygens (including phenoxy) is 1. The lowest BCUT2D eigenvalue weighted by molar-refractivity contribution is -0.0340. The van der Waals surface area contributed by atoms with Gasteiger partial charge in [-0.25, -0.2) is 0 Å². The van der Waals surface area contributed by atoms with Gasteiger partial charge in [-0.1, -0.05) is 0 Å².